The van der Waals surface area contributed by atoms with E-state index in [-0.39, 0.29) is 23.0 Å². The molecule has 0 fully saturated rings. The molecular formula is C20H22O5S. The number of benzene rings is 2. The minimum absolute atomic E-state index is 0.0295. The molecule has 0 amide bonds. The number of aromatic hydroxyl groups is 1. The molecule has 0 unspecified atom stereocenters. The zero-order chi connectivity index (χ0) is 19.2. The van der Waals surface area contributed by atoms with Crippen molar-refractivity contribution in [3.05, 3.63) is 60.7 Å². The molecule has 26 heavy (non-hydrogen) atoms. The minimum Gasteiger partial charge on any atom is -0.507 e. The zero-order valence-corrected chi connectivity index (χ0v) is 15.5. The first-order chi connectivity index (χ1) is 12.3. The van der Waals surface area contributed by atoms with Gasteiger partial charge in [-0.25, -0.2) is 13.2 Å². The van der Waals surface area contributed by atoms with Gasteiger partial charge in [0.05, 0.1) is 17.3 Å². The largest absolute Gasteiger partial charge is 0.507 e. The van der Waals surface area contributed by atoms with Gasteiger partial charge in [0, 0.05) is 11.1 Å². The highest BCUT2D eigenvalue weighted by Gasteiger charge is 2.17. The maximum Gasteiger partial charge on any atom is 0.333 e. The number of unbranched alkanes of at least 4 members (excludes halogenated alkanes) is 1. The van der Waals surface area contributed by atoms with E-state index in [1.807, 2.05) is 18.2 Å². The Hall–Kier alpha value is -2.60. The fourth-order valence-electron chi connectivity index (χ4n) is 2.36. The number of hydrogen-bond donors (Lipinski definition) is 1. The molecule has 2 rings (SSSR count). The monoisotopic (exact) mass is 374 g/mol. The van der Waals surface area contributed by atoms with Gasteiger partial charge in [-0.05, 0) is 43.5 Å². The summed E-state index contributed by atoms with van der Waals surface area (Å²) in [7, 11) is -3.49. The van der Waals surface area contributed by atoms with Crippen molar-refractivity contribution in [3.8, 4) is 16.9 Å². The van der Waals surface area contributed by atoms with E-state index >= 15 is 0 Å². The zero-order valence-electron chi connectivity index (χ0n) is 14.6. The Morgan fingerprint density at radius 1 is 1.12 bits per heavy atom. The summed E-state index contributed by atoms with van der Waals surface area (Å²) in [5, 5.41) is 10.0. The van der Waals surface area contributed by atoms with E-state index in [9.17, 15) is 18.3 Å². The van der Waals surface area contributed by atoms with Gasteiger partial charge in [-0.3, -0.25) is 0 Å². The summed E-state index contributed by atoms with van der Waals surface area (Å²) >= 11 is 0. The van der Waals surface area contributed by atoms with Crippen molar-refractivity contribution in [1.82, 2.24) is 0 Å². The number of phenolic OH excluding ortho intramolecular Hbond substituents is 1. The molecule has 138 valence electrons. The van der Waals surface area contributed by atoms with Gasteiger partial charge in [-0.1, -0.05) is 36.9 Å². The van der Waals surface area contributed by atoms with Crippen LogP contribution in [0.5, 0.6) is 5.75 Å². The van der Waals surface area contributed by atoms with E-state index in [0.717, 1.165) is 5.56 Å². The van der Waals surface area contributed by atoms with Crippen molar-refractivity contribution in [2.45, 2.75) is 24.7 Å². The minimum atomic E-state index is -3.49. The van der Waals surface area contributed by atoms with Gasteiger partial charge in [0.25, 0.3) is 0 Å². The maximum atomic E-state index is 12.5. The number of sulfone groups is 1. The van der Waals surface area contributed by atoms with Crippen LogP contribution in [0.3, 0.4) is 0 Å². The highest BCUT2D eigenvalue weighted by Crippen LogP contribution is 2.31. The lowest BCUT2D eigenvalue weighted by Gasteiger charge is -2.09. The molecule has 0 heterocycles. The normalized spacial score (nSPS) is 11.1. The number of rotatable bonds is 8. The fraction of sp³-hybridized carbons (Fsp3) is 0.250. The van der Waals surface area contributed by atoms with Crippen LogP contribution in [-0.4, -0.2) is 31.9 Å². The maximum absolute atomic E-state index is 12.5. The van der Waals surface area contributed by atoms with Gasteiger partial charge in [-0.2, -0.15) is 0 Å². The average molecular weight is 374 g/mol. The van der Waals surface area contributed by atoms with Crippen LogP contribution in [-0.2, 0) is 19.4 Å². The Morgan fingerprint density at radius 3 is 2.46 bits per heavy atom. The standard InChI is InChI=1S/C20H22O5S/c1-15(2)20(22)25-12-6-7-13-26(23,24)17-10-11-19(21)18(14-17)16-8-4-3-5-9-16/h3-5,8-11,14,21H,1,6-7,12-13H2,2H3. The van der Waals surface area contributed by atoms with E-state index < -0.39 is 15.8 Å². The Kier molecular flexibility index (Phi) is 6.58. The molecule has 0 radical (unpaired) electrons. The molecule has 0 aliphatic rings. The quantitative estimate of drug-likeness (QED) is 0.433. The topological polar surface area (TPSA) is 80.7 Å². The van der Waals surface area contributed by atoms with Crippen molar-refractivity contribution >= 4 is 15.8 Å². The van der Waals surface area contributed by atoms with Gasteiger partial charge in [0.2, 0.25) is 0 Å². The van der Waals surface area contributed by atoms with Gasteiger partial charge in [-0.15, -0.1) is 0 Å². The fourth-order valence-corrected chi connectivity index (χ4v) is 3.75. The Morgan fingerprint density at radius 2 is 1.81 bits per heavy atom. The van der Waals surface area contributed by atoms with E-state index in [0.29, 0.717) is 24.0 Å². The first-order valence-electron chi connectivity index (χ1n) is 8.25. The highest BCUT2D eigenvalue weighted by atomic mass is 32.2. The second-order valence-electron chi connectivity index (χ2n) is 5.99. The van der Waals surface area contributed by atoms with E-state index in [1.54, 1.807) is 19.1 Å². The van der Waals surface area contributed by atoms with E-state index in [1.165, 1.54) is 18.2 Å². The summed E-state index contributed by atoms with van der Waals surface area (Å²) in [5.74, 6) is -0.503. The lowest BCUT2D eigenvalue weighted by Crippen LogP contribution is -2.10. The highest BCUT2D eigenvalue weighted by molar-refractivity contribution is 7.91. The second-order valence-corrected chi connectivity index (χ2v) is 8.10. The third kappa shape index (κ3) is 5.20. The van der Waals surface area contributed by atoms with E-state index in [4.69, 9.17) is 4.74 Å². The van der Waals surface area contributed by atoms with Crippen LogP contribution in [0.15, 0.2) is 65.6 Å². The second kappa shape index (κ2) is 8.67. The molecule has 2 aromatic carbocycles. The number of hydrogen-bond acceptors (Lipinski definition) is 5. The molecular weight excluding hydrogens is 352 g/mol. The van der Waals surface area contributed by atoms with Crippen LogP contribution in [0.2, 0.25) is 0 Å². The first kappa shape index (κ1) is 19.7. The van der Waals surface area contributed by atoms with Crippen molar-refractivity contribution in [2.75, 3.05) is 12.4 Å². The third-order valence-corrected chi connectivity index (χ3v) is 5.60. The van der Waals surface area contributed by atoms with Gasteiger partial charge >= 0.3 is 5.97 Å². The van der Waals surface area contributed by atoms with Crippen LogP contribution in [0.4, 0.5) is 0 Å². The molecule has 0 spiro atoms. The molecule has 1 N–H and O–H groups in total. The summed E-state index contributed by atoms with van der Waals surface area (Å²) in [5.41, 5.74) is 1.53. The van der Waals surface area contributed by atoms with Crippen molar-refractivity contribution in [3.63, 3.8) is 0 Å². The molecule has 0 aliphatic heterocycles. The van der Waals surface area contributed by atoms with Crippen LogP contribution in [0, 0.1) is 0 Å². The summed E-state index contributed by atoms with van der Waals surface area (Å²) in [6.45, 7) is 5.20. The molecule has 0 aliphatic carbocycles. The van der Waals surface area contributed by atoms with Gasteiger partial charge in [0.1, 0.15) is 5.75 Å². The molecule has 0 atom stereocenters. The van der Waals surface area contributed by atoms with Gasteiger partial charge in [0.15, 0.2) is 9.84 Å². The Balaban J connectivity index is 2.03. The molecule has 5 nitrogen and oxygen atoms in total. The van der Waals surface area contributed by atoms with Crippen molar-refractivity contribution < 1.29 is 23.1 Å². The molecule has 0 bridgehead atoms. The SMILES string of the molecule is C=C(C)C(=O)OCCCCS(=O)(=O)c1ccc(O)c(-c2ccccc2)c1. The summed E-state index contributed by atoms with van der Waals surface area (Å²) in [6, 6.07) is 13.4. The molecule has 0 saturated heterocycles. The van der Waals surface area contributed by atoms with Crippen molar-refractivity contribution in [1.29, 1.82) is 0 Å². The van der Waals surface area contributed by atoms with Crippen LogP contribution >= 0.6 is 0 Å². The van der Waals surface area contributed by atoms with Crippen LogP contribution in [0.25, 0.3) is 11.1 Å². The molecule has 0 aromatic heterocycles. The first-order valence-corrected chi connectivity index (χ1v) is 9.90. The Labute approximate surface area is 153 Å². The molecule has 6 heteroatoms. The number of ether oxygens (including phenoxy) is 1. The smallest absolute Gasteiger partial charge is 0.333 e. The van der Waals surface area contributed by atoms with Crippen LogP contribution in [0.1, 0.15) is 19.8 Å². The lowest BCUT2D eigenvalue weighted by molar-refractivity contribution is -0.139. The van der Waals surface area contributed by atoms with E-state index in [2.05, 4.69) is 6.58 Å². The van der Waals surface area contributed by atoms with Crippen molar-refractivity contribution in [2.24, 2.45) is 0 Å². The lowest BCUT2D eigenvalue weighted by atomic mass is 10.1. The van der Waals surface area contributed by atoms with Gasteiger partial charge < -0.3 is 9.84 Å². The average Bonchev–Trinajstić information content (AvgIpc) is 2.62. The molecule has 0 saturated carbocycles. The predicted octanol–water partition coefficient (Wildman–Crippen LogP) is 3.73. The number of carbonyl (C=O) groups excluding carboxylic acids is 1. The van der Waals surface area contributed by atoms with Crippen LogP contribution < -0.4 is 0 Å². The summed E-state index contributed by atoms with van der Waals surface area (Å²) in [6.07, 6.45) is 0.815. The number of carbonyl (C=O) groups is 1. The summed E-state index contributed by atoms with van der Waals surface area (Å²) in [4.78, 5) is 11.4. The number of phenols is 1. The summed E-state index contributed by atoms with van der Waals surface area (Å²) < 4.78 is 30.0. The Bertz CT molecular complexity index is 886. The predicted molar refractivity (Wildman–Crippen MR) is 101 cm³/mol. The number of esters is 1. The molecule has 2 aromatic rings. The third-order valence-electron chi connectivity index (χ3n) is 3.80.